The number of rotatable bonds is 5. The molecule has 4 nitrogen and oxygen atoms in total. The summed E-state index contributed by atoms with van der Waals surface area (Å²) in [6.45, 7) is -0.210. The van der Waals surface area contributed by atoms with Crippen molar-refractivity contribution in [2.45, 2.75) is 6.61 Å². The first kappa shape index (κ1) is 14.8. The van der Waals surface area contributed by atoms with Gasteiger partial charge in [-0.15, -0.1) is 0 Å². The van der Waals surface area contributed by atoms with Crippen LogP contribution in [0.5, 0.6) is 11.5 Å². The molecule has 0 heterocycles. The zero-order chi connectivity index (χ0) is 15.4. The predicted molar refractivity (Wildman–Crippen MR) is 70.6 cm³/mol. The molecule has 0 bridgehead atoms. The van der Waals surface area contributed by atoms with Gasteiger partial charge in [0.1, 0.15) is 35.3 Å². The number of hydrogen-bond acceptors (Lipinski definition) is 3. The van der Waals surface area contributed by atoms with E-state index in [4.69, 9.17) is 14.6 Å². The summed E-state index contributed by atoms with van der Waals surface area (Å²) in [5.74, 6) is -2.18. The van der Waals surface area contributed by atoms with E-state index in [9.17, 15) is 13.6 Å². The average Bonchev–Trinajstić information content (AvgIpc) is 2.46. The van der Waals surface area contributed by atoms with Crippen molar-refractivity contribution >= 4 is 5.97 Å². The molecule has 0 saturated heterocycles. The molecule has 0 unspecified atom stereocenters. The Morgan fingerprint density at radius 1 is 1.19 bits per heavy atom. The van der Waals surface area contributed by atoms with Gasteiger partial charge in [0.25, 0.3) is 0 Å². The zero-order valence-electron chi connectivity index (χ0n) is 11.1. The quantitative estimate of drug-likeness (QED) is 0.919. The summed E-state index contributed by atoms with van der Waals surface area (Å²) in [7, 11) is 1.41. The van der Waals surface area contributed by atoms with E-state index in [-0.39, 0.29) is 23.5 Å². The van der Waals surface area contributed by atoms with Crippen molar-refractivity contribution in [2.24, 2.45) is 0 Å². The molecule has 0 atom stereocenters. The number of carboxylic acids is 1. The summed E-state index contributed by atoms with van der Waals surface area (Å²) in [6, 6.07) is 7.35. The van der Waals surface area contributed by atoms with Crippen LogP contribution in [0.2, 0.25) is 0 Å². The van der Waals surface area contributed by atoms with E-state index in [1.54, 1.807) is 0 Å². The zero-order valence-corrected chi connectivity index (χ0v) is 11.1. The predicted octanol–water partition coefficient (Wildman–Crippen LogP) is 3.25. The number of carbonyl (C=O) groups is 1. The van der Waals surface area contributed by atoms with Gasteiger partial charge in [-0.05, 0) is 30.3 Å². The van der Waals surface area contributed by atoms with Gasteiger partial charge >= 0.3 is 5.97 Å². The van der Waals surface area contributed by atoms with Crippen molar-refractivity contribution in [3.63, 3.8) is 0 Å². The molecule has 0 saturated carbocycles. The van der Waals surface area contributed by atoms with Crippen LogP contribution in [-0.4, -0.2) is 18.2 Å². The van der Waals surface area contributed by atoms with Gasteiger partial charge in [-0.3, -0.25) is 0 Å². The van der Waals surface area contributed by atoms with Crippen molar-refractivity contribution in [2.75, 3.05) is 7.11 Å². The van der Waals surface area contributed by atoms with Gasteiger partial charge in [0.15, 0.2) is 0 Å². The van der Waals surface area contributed by atoms with Crippen molar-refractivity contribution < 1.29 is 28.2 Å². The second-order valence-corrected chi connectivity index (χ2v) is 4.19. The second kappa shape index (κ2) is 6.21. The maximum absolute atomic E-state index is 13.5. The van der Waals surface area contributed by atoms with E-state index >= 15 is 0 Å². The molecule has 0 aromatic heterocycles. The molecular weight excluding hydrogens is 282 g/mol. The van der Waals surface area contributed by atoms with Crippen LogP contribution in [0.4, 0.5) is 8.78 Å². The van der Waals surface area contributed by atoms with Crippen molar-refractivity contribution in [3.8, 4) is 11.5 Å². The Morgan fingerprint density at radius 3 is 2.57 bits per heavy atom. The Labute approximate surface area is 119 Å². The van der Waals surface area contributed by atoms with Crippen LogP contribution in [0.1, 0.15) is 15.9 Å². The van der Waals surface area contributed by atoms with Crippen LogP contribution in [-0.2, 0) is 6.61 Å². The van der Waals surface area contributed by atoms with E-state index < -0.39 is 17.6 Å². The Bertz CT molecular complexity index is 671. The number of ether oxygens (including phenoxy) is 2. The molecule has 0 fully saturated rings. The summed E-state index contributed by atoms with van der Waals surface area (Å²) >= 11 is 0. The lowest BCUT2D eigenvalue weighted by Crippen LogP contribution is -2.05. The standard InChI is InChI=1S/C15H12F2O4/c1-20-11-4-5-14(12(7-11)15(18)19)21-8-9-2-3-10(16)6-13(9)17/h2-7H,8H2,1H3,(H,18,19). The molecule has 2 aromatic rings. The molecule has 6 heteroatoms. The molecule has 0 amide bonds. The van der Waals surface area contributed by atoms with Crippen molar-refractivity contribution in [1.29, 1.82) is 0 Å². The monoisotopic (exact) mass is 294 g/mol. The Kier molecular flexibility index (Phi) is 4.37. The lowest BCUT2D eigenvalue weighted by Gasteiger charge is -2.11. The van der Waals surface area contributed by atoms with Crippen LogP contribution >= 0.6 is 0 Å². The van der Waals surface area contributed by atoms with Gasteiger partial charge in [-0.2, -0.15) is 0 Å². The van der Waals surface area contributed by atoms with E-state index in [0.717, 1.165) is 12.1 Å². The van der Waals surface area contributed by atoms with Gasteiger partial charge in [-0.1, -0.05) is 0 Å². The molecule has 2 rings (SSSR count). The van der Waals surface area contributed by atoms with Gasteiger partial charge in [0.05, 0.1) is 7.11 Å². The number of halogens is 2. The van der Waals surface area contributed by atoms with Crippen LogP contribution in [0.3, 0.4) is 0 Å². The molecule has 1 N–H and O–H groups in total. The minimum absolute atomic E-state index is 0.0759. The fourth-order valence-electron chi connectivity index (χ4n) is 1.72. The molecule has 2 aromatic carbocycles. The Hall–Kier alpha value is -2.63. The second-order valence-electron chi connectivity index (χ2n) is 4.19. The minimum Gasteiger partial charge on any atom is -0.497 e. The van der Waals surface area contributed by atoms with E-state index in [0.29, 0.717) is 5.75 Å². The highest BCUT2D eigenvalue weighted by molar-refractivity contribution is 5.91. The van der Waals surface area contributed by atoms with Gasteiger partial charge in [0, 0.05) is 11.6 Å². The molecule has 0 aliphatic carbocycles. The largest absolute Gasteiger partial charge is 0.497 e. The highest BCUT2D eigenvalue weighted by Gasteiger charge is 2.14. The minimum atomic E-state index is -1.19. The lowest BCUT2D eigenvalue weighted by molar-refractivity contribution is 0.0691. The molecule has 0 aliphatic rings. The van der Waals surface area contributed by atoms with Gasteiger partial charge < -0.3 is 14.6 Å². The highest BCUT2D eigenvalue weighted by Crippen LogP contribution is 2.25. The van der Waals surface area contributed by atoms with E-state index in [2.05, 4.69) is 0 Å². The fraction of sp³-hybridized carbons (Fsp3) is 0.133. The van der Waals surface area contributed by atoms with Crippen LogP contribution in [0.15, 0.2) is 36.4 Å². The number of aromatic carboxylic acids is 1. The number of benzene rings is 2. The SMILES string of the molecule is COc1ccc(OCc2ccc(F)cc2F)c(C(=O)O)c1. The Morgan fingerprint density at radius 2 is 1.95 bits per heavy atom. The summed E-state index contributed by atoms with van der Waals surface area (Å²) in [5, 5.41) is 9.11. The maximum Gasteiger partial charge on any atom is 0.339 e. The van der Waals surface area contributed by atoms with Crippen molar-refractivity contribution in [3.05, 3.63) is 59.2 Å². The molecule has 110 valence electrons. The molecule has 21 heavy (non-hydrogen) atoms. The number of methoxy groups -OCH3 is 1. The molecule has 0 spiro atoms. The number of hydrogen-bond donors (Lipinski definition) is 1. The molecular formula is C15H12F2O4. The summed E-state index contributed by atoms with van der Waals surface area (Å²) < 4.78 is 36.5. The first-order chi connectivity index (χ1) is 10.0. The van der Waals surface area contributed by atoms with Gasteiger partial charge in [-0.25, -0.2) is 13.6 Å². The van der Waals surface area contributed by atoms with Crippen LogP contribution < -0.4 is 9.47 Å². The summed E-state index contributed by atoms with van der Waals surface area (Å²) in [6.07, 6.45) is 0. The third-order valence-corrected chi connectivity index (χ3v) is 2.82. The fourth-order valence-corrected chi connectivity index (χ4v) is 1.72. The lowest BCUT2D eigenvalue weighted by atomic mass is 10.2. The van der Waals surface area contributed by atoms with E-state index in [1.807, 2.05) is 0 Å². The van der Waals surface area contributed by atoms with Crippen molar-refractivity contribution in [1.82, 2.24) is 0 Å². The molecule has 0 aliphatic heterocycles. The smallest absolute Gasteiger partial charge is 0.339 e. The summed E-state index contributed by atoms with van der Waals surface area (Å²) in [5.41, 5.74) is 0.0282. The normalized spacial score (nSPS) is 10.2. The first-order valence-electron chi connectivity index (χ1n) is 5.99. The molecule has 0 radical (unpaired) electrons. The average molecular weight is 294 g/mol. The maximum atomic E-state index is 13.5. The highest BCUT2D eigenvalue weighted by atomic mass is 19.1. The first-order valence-corrected chi connectivity index (χ1v) is 5.99. The third-order valence-electron chi connectivity index (χ3n) is 2.82. The number of carboxylic acid groups (broad SMARTS) is 1. The third kappa shape index (κ3) is 3.47. The van der Waals surface area contributed by atoms with Crippen LogP contribution in [0, 0.1) is 11.6 Å². The topological polar surface area (TPSA) is 55.8 Å². The van der Waals surface area contributed by atoms with Crippen LogP contribution in [0.25, 0.3) is 0 Å². The Balaban J connectivity index is 2.21. The van der Waals surface area contributed by atoms with Gasteiger partial charge in [0.2, 0.25) is 0 Å². The van der Waals surface area contributed by atoms with E-state index in [1.165, 1.54) is 31.4 Å². The summed E-state index contributed by atoms with van der Waals surface area (Å²) in [4.78, 5) is 11.2.